The Morgan fingerprint density at radius 1 is 1.03 bits per heavy atom. The standard InChI is InChI=1S/C28H32N2O4/c31-25-24(26(32)29-22-13-11-21(12-14-22)20-9-5-2-6-10-20)27(33)30-28(25)16-15-23(17-28)34-18-19-7-3-1-4-8-19/h1,3-4,7-8,11-14,20,23,31H,2,5-6,9-10,15-18H2,(H,29,32)(H,30,33). The SMILES string of the molecule is O=C(Nc1ccc(C2CCCCC2)cc1)C1=C(O)C2(CCC(OCc3ccccc3)C2)NC1=O. The second-order valence-corrected chi connectivity index (χ2v) is 9.83. The van der Waals surface area contributed by atoms with Crippen LogP contribution in [0.5, 0.6) is 0 Å². The lowest BCUT2D eigenvalue weighted by atomic mass is 9.84. The predicted octanol–water partition coefficient (Wildman–Crippen LogP) is 5.12. The fourth-order valence-electron chi connectivity index (χ4n) is 5.62. The van der Waals surface area contributed by atoms with Crippen LogP contribution in [0.25, 0.3) is 0 Å². The van der Waals surface area contributed by atoms with Crippen molar-refractivity contribution in [3.05, 3.63) is 77.1 Å². The van der Waals surface area contributed by atoms with Crippen LogP contribution in [0.3, 0.4) is 0 Å². The lowest BCUT2D eigenvalue weighted by molar-refractivity contribution is -0.121. The average Bonchev–Trinajstić information content (AvgIpc) is 3.39. The zero-order valence-corrected chi connectivity index (χ0v) is 19.4. The van der Waals surface area contributed by atoms with Gasteiger partial charge in [-0.05, 0) is 54.9 Å². The Labute approximate surface area is 200 Å². The zero-order chi connectivity index (χ0) is 23.5. The Balaban J connectivity index is 1.23. The Hall–Kier alpha value is -3.12. The van der Waals surface area contributed by atoms with Crippen LogP contribution in [-0.4, -0.2) is 28.6 Å². The molecule has 2 unspecified atom stereocenters. The first kappa shape index (κ1) is 22.7. The minimum absolute atomic E-state index is 0.0996. The van der Waals surface area contributed by atoms with Crippen LogP contribution in [-0.2, 0) is 20.9 Å². The Morgan fingerprint density at radius 3 is 2.50 bits per heavy atom. The molecule has 2 saturated carbocycles. The Bertz CT molecular complexity index is 1070. The second kappa shape index (κ2) is 9.63. The average molecular weight is 461 g/mol. The lowest BCUT2D eigenvalue weighted by Crippen LogP contribution is -2.43. The Kier molecular flexibility index (Phi) is 6.42. The predicted molar refractivity (Wildman–Crippen MR) is 130 cm³/mol. The van der Waals surface area contributed by atoms with Gasteiger partial charge in [0.05, 0.1) is 12.7 Å². The van der Waals surface area contributed by atoms with Crippen LogP contribution in [0.1, 0.15) is 68.4 Å². The normalized spacial score (nSPS) is 25.1. The molecule has 0 saturated heterocycles. The van der Waals surface area contributed by atoms with Gasteiger partial charge in [-0.3, -0.25) is 9.59 Å². The van der Waals surface area contributed by atoms with Gasteiger partial charge in [0.15, 0.2) is 0 Å². The van der Waals surface area contributed by atoms with Crippen molar-refractivity contribution in [2.24, 2.45) is 0 Å². The number of benzene rings is 2. The molecule has 5 rings (SSSR count). The number of nitrogens with one attached hydrogen (secondary N) is 2. The highest BCUT2D eigenvalue weighted by atomic mass is 16.5. The number of carbonyl (C=O) groups is 2. The monoisotopic (exact) mass is 460 g/mol. The van der Waals surface area contributed by atoms with E-state index in [1.165, 1.54) is 37.7 Å². The van der Waals surface area contributed by atoms with E-state index < -0.39 is 17.4 Å². The van der Waals surface area contributed by atoms with Crippen molar-refractivity contribution in [3.63, 3.8) is 0 Å². The first-order valence-electron chi connectivity index (χ1n) is 12.4. The molecule has 1 heterocycles. The number of anilines is 1. The van der Waals surface area contributed by atoms with Gasteiger partial charge in [0.2, 0.25) is 0 Å². The Morgan fingerprint density at radius 2 is 1.76 bits per heavy atom. The number of aliphatic hydroxyl groups excluding tert-OH is 1. The third-order valence-corrected chi connectivity index (χ3v) is 7.54. The highest BCUT2D eigenvalue weighted by molar-refractivity contribution is 6.25. The first-order valence-corrected chi connectivity index (χ1v) is 12.4. The van der Waals surface area contributed by atoms with E-state index in [4.69, 9.17) is 4.74 Å². The third-order valence-electron chi connectivity index (χ3n) is 7.54. The van der Waals surface area contributed by atoms with Gasteiger partial charge in [0.1, 0.15) is 16.9 Å². The molecule has 2 amide bonds. The van der Waals surface area contributed by atoms with Crippen LogP contribution < -0.4 is 10.6 Å². The molecule has 0 aromatic heterocycles. The van der Waals surface area contributed by atoms with Crippen LogP contribution in [0.4, 0.5) is 5.69 Å². The summed E-state index contributed by atoms with van der Waals surface area (Å²) < 4.78 is 6.03. The summed E-state index contributed by atoms with van der Waals surface area (Å²) in [5.41, 5.74) is 1.88. The molecule has 3 aliphatic rings. The van der Waals surface area contributed by atoms with Crippen molar-refractivity contribution in [2.45, 2.75) is 75.5 Å². The van der Waals surface area contributed by atoms with Gasteiger partial charge in [-0.25, -0.2) is 0 Å². The minimum atomic E-state index is -0.921. The molecule has 2 atom stereocenters. The van der Waals surface area contributed by atoms with Crippen molar-refractivity contribution < 1.29 is 19.4 Å². The molecular weight excluding hydrogens is 428 g/mol. The van der Waals surface area contributed by atoms with Gasteiger partial charge in [-0.2, -0.15) is 0 Å². The van der Waals surface area contributed by atoms with E-state index in [1.54, 1.807) is 0 Å². The highest BCUT2D eigenvalue weighted by Crippen LogP contribution is 2.41. The van der Waals surface area contributed by atoms with E-state index in [2.05, 4.69) is 22.8 Å². The fourth-order valence-corrected chi connectivity index (χ4v) is 5.62. The summed E-state index contributed by atoms with van der Waals surface area (Å²) in [6, 6.07) is 17.8. The summed E-state index contributed by atoms with van der Waals surface area (Å²) in [5, 5.41) is 16.6. The molecule has 2 aromatic carbocycles. The van der Waals surface area contributed by atoms with Gasteiger partial charge in [0.25, 0.3) is 11.8 Å². The van der Waals surface area contributed by atoms with Crippen LogP contribution >= 0.6 is 0 Å². The van der Waals surface area contributed by atoms with E-state index in [1.807, 2.05) is 42.5 Å². The molecule has 1 spiro atoms. The first-order chi connectivity index (χ1) is 16.5. The number of hydrogen-bond acceptors (Lipinski definition) is 4. The van der Waals surface area contributed by atoms with Crippen LogP contribution in [0.15, 0.2) is 65.9 Å². The summed E-state index contributed by atoms with van der Waals surface area (Å²) in [6.45, 7) is 0.476. The van der Waals surface area contributed by atoms with Crippen LogP contribution in [0.2, 0.25) is 0 Å². The summed E-state index contributed by atoms with van der Waals surface area (Å²) in [7, 11) is 0. The van der Waals surface area contributed by atoms with E-state index in [0.717, 1.165) is 5.56 Å². The molecule has 6 nitrogen and oxygen atoms in total. The maximum Gasteiger partial charge on any atom is 0.264 e. The van der Waals surface area contributed by atoms with Crippen LogP contribution in [0, 0.1) is 0 Å². The van der Waals surface area contributed by atoms with Gasteiger partial charge < -0.3 is 20.5 Å². The molecule has 0 bridgehead atoms. The molecule has 1 aliphatic heterocycles. The highest BCUT2D eigenvalue weighted by Gasteiger charge is 2.52. The van der Waals surface area contributed by atoms with E-state index in [9.17, 15) is 14.7 Å². The number of rotatable bonds is 6. The van der Waals surface area contributed by atoms with Gasteiger partial charge in [0, 0.05) is 12.1 Å². The summed E-state index contributed by atoms with van der Waals surface area (Å²) >= 11 is 0. The molecule has 178 valence electrons. The molecule has 2 fully saturated rings. The number of amides is 2. The van der Waals surface area contributed by atoms with Crippen molar-refractivity contribution in [1.82, 2.24) is 5.32 Å². The quantitative estimate of drug-likeness (QED) is 0.522. The number of ether oxygens (including phenoxy) is 1. The summed E-state index contributed by atoms with van der Waals surface area (Å²) in [6.07, 6.45) is 7.87. The molecule has 3 N–H and O–H groups in total. The third kappa shape index (κ3) is 4.60. The van der Waals surface area contributed by atoms with Crippen molar-refractivity contribution in [3.8, 4) is 0 Å². The minimum Gasteiger partial charge on any atom is -0.509 e. The van der Waals surface area contributed by atoms with Gasteiger partial charge in [-0.15, -0.1) is 0 Å². The molecule has 0 radical (unpaired) electrons. The number of carbonyl (C=O) groups excluding carboxylic acids is 2. The van der Waals surface area contributed by atoms with Crippen molar-refractivity contribution in [2.75, 3.05) is 5.32 Å². The topological polar surface area (TPSA) is 87.7 Å². The summed E-state index contributed by atoms with van der Waals surface area (Å²) in [4.78, 5) is 25.6. The maximum atomic E-state index is 12.9. The summed E-state index contributed by atoms with van der Waals surface area (Å²) in [5.74, 6) is -0.687. The molecule has 6 heteroatoms. The van der Waals surface area contributed by atoms with Gasteiger partial charge >= 0.3 is 0 Å². The van der Waals surface area contributed by atoms with Gasteiger partial charge in [-0.1, -0.05) is 61.7 Å². The zero-order valence-electron chi connectivity index (χ0n) is 19.4. The lowest BCUT2D eigenvalue weighted by Gasteiger charge is -2.24. The van der Waals surface area contributed by atoms with Crippen molar-refractivity contribution >= 4 is 17.5 Å². The van der Waals surface area contributed by atoms with E-state index >= 15 is 0 Å². The largest absolute Gasteiger partial charge is 0.509 e. The van der Waals surface area contributed by atoms with E-state index in [-0.39, 0.29) is 17.4 Å². The maximum absolute atomic E-state index is 12.9. The number of hydrogen-bond donors (Lipinski definition) is 3. The number of aliphatic hydroxyl groups is 1. The van der Waals surface area contributed by atoms with E-state index in [0.29, 0.717) is 37.5 Å². The van der Waals surface area contributed by atoms with Crippen molar-refractivity contribution in [1.29, 1.82) is 0 Å². The smallest absolute Gasteiger partial charge is 0.264 e. The fraction of sp³-hybridized carbons (Fsp3) is 0.429. The molecule has 2 aromatic rings. The molecule has 2 aliphatic carbocycles. The second-order valence-electron chi connectivity index (χ2n) is 9.83. The molecular formula is C28H32N2O4. The molecule has 34 heavy (non-hydrogen) atoms.